The number of hydrogen-bond donors (Lipinski definition) is 2. The van der Waals surface area contributed by atoms with Crippen molar-refractivity contribution in [2.24, 2.45) is 0 Å². The van der Waals surface area contributed by atoms with Crippen LogP contribution in [-0.4, -0.2) is 53.0 Å². The van der Waals surface area contributed by atoms with E-state index in [-0.39, 0.29) is 30.6 Å². The maximum absolute atomic E-state index is 13.1. The molecule has 2 aliphatic heterocycles. The molecule has 2 aliphatic rings. The van der Waals surface area contributed by atoms with Crippen LogP contribution >= 0.6 is 0 Å². The summed E-state index contributed by atoms with van der Waals surface area (Å²) in [4.78, 5) is 30.8. The highest BCUT2D eigenvalue weighted by atomic mass is 16.5. The van der Waals surface area contributed by atoms with Crippen LogP contribution in [0.5, 0.6) is 5.75 Å². The molecule has 1 saturated heterocycles. The molecule has 0 radical (unpaired) electrons. The number of benzene rings is 2. The molecular formula is C25H24N2O5. The Hall–Kier alpha value is -3.58. The Labute approximate surface area is 185 Å². The Morgan fingerprint density at radius 3 is 2.88 bits per heavy atom. The maximum Gasteiger partial charge on any atom is 0.295 e. The number of aliphatic hydroxyl groups is 1. The highest BCUT2D eigenvalue weighted by Gasteiger charge is 2.46. The first-order chi connectivity index (χ1) is 15.5. The monoisotopic (exact) mass is 432 g/mol. The van der Waals surface area contributed by atoms with Gasteiger partial charge in [0.25, 0.3) is 11.7 Å². The van der Waals surface area contributed by atoms with Crippen LogP contribution in [0.3, 0.4) is 0 Å². The van der Waals surface area contributed by atoms with Gasteiger partial charge >= 0.3 is 0 Å². The van der Waals surface area contributed by atoms with Gasteiger partial charge in [0.15, 0.2) is 0 Å². The van der Waals surface area contributed by atoms with Crippen molar-refractivity contribution in [1.29, 1.82) is 0 Å². The van der Waals surface area contributed by atoms with Gasteiger partial charge in [-0.3, -0.25) is 9.59 Å². The Bertz CT molecular complexity index is 1260. The number of nitrogens with one attached hydrogen (secondary N) is 1. The van der Waals surface area contributed by atoms with Crippen molar-refractivity contribution in [3.8, 4) is 5.75 Å². The molecule has 0 saturated carbocycles. The SMILES string of the molecule is COCCN1C(=O)C(=O)/C(=C(/O)c2ccc3c(c2)CC(C)O3)C1c1c[nH]c2ccccc12. The van der Waals surface area contributed by atoms with Gasteiger partial charge in [-0.2, -0.15) is 0 Å². The van der Waals surface area contributed by atoms with Gasteiger partial charge in [0, 0.05) is 48.3 Å². The number of hydrogen-bond acceptors (Lipinski definition) is 5. The normalized spacial score (nSPS) is 21.9. The topological polar surface area (TPSA) is 91.9 Å². The molecule has 5 rings (SSSR count). The molecule has 0 spiro atoms. The fraction of sp³-hybridized carbons (Fsp3) is 0.280. The first-order valence-electron chi connectivity index (χ1n) is 10.6. The standard InChI is InChI=1S/C25H24N2O5/c1-14-11-16-12-15(7-8-20(16)32-14)23(28)21-22(27(9-10-31-2)25(30)24(21)29)18-13-26-19-6-4-3-5-17(18)19/h3-8,12-14,22,26,28H,9-11H2,1-2H3/b23-21+. The van der Waals surface area contributed by atoms with Crippen LogP contribution in [0.1, 0.15) is 29.7 Å². The van der Waals surface area contributed by atoms with E-state index < -0.39 is 17.7 Å². The molecule has 1 fully saturated rings. The number of aliphatic hydroxyl groups excluding tert-OH is 1. The molecule has 164 valence electrons. The summed E-state index contributed by atoms with van der Waals surface area (Å²) >= 11 is 0. The van der Waals surface area contributed by atoms with E-state index in [0.29, 0.717) is 5.56 Å². The summed E-state index contributed by atoms with van der Waals surface area (Å²) in [5, 5.41) is 12.2. The number of carbonyl (C=O) groups is 2. The van der Waals surface area contributed by atoms with E-state index in [1.54, 1.807) is 25.4 Å². The number of nitrogens with zero attached hydrogens (tertiary/aromatic N) is 1. The number of Topliss-reactive ketones (excluding diaryl/α,β-unsaturated/α-hetero) is 1. The van der Waals surface area contributed by atoms with Gasteiger partial charge in [-0.1, -0.05) is 18.2 Å². The molecule has 1 aromatic heterocycles. The lowest BCUT2D eigenvalue weighted by Crippen LogP contribution is -2.32. The van der Waals surface area contributed by atoms with Crippen molar-refractivity contribution in [2.75, 3.05) is 20.3 Å². The van der Waals surface area contributed by atoms with Gasteiger partial charge in [-0.25, -0.2) is 0 Å². The number of carbonyl (C=O) groups excluding carboxylic acids is 2. The Morgan fingerprint density at radius 2 is 2.06 bits per heavy atom. The predicted molar refractivity (Wildman–Crippen MR) is 119 cm³/mol. The Balaban J connectivity index is 1.67. The summed E-state index contributed by atoms with van der Waals surface area (Å²) in [5.74, 6) is -0.736. The van der Waals surface area contributed by atoms with Crippen LogP contribution in [0.15, 0.2) is 54.2 Å². The third-order valence-electron chi connectivity index (χ3n) is 6.16. The minimum Gasteiger partial charge on any atom is -0.507 e. The smallest absolute Gasteiger partial charge is 0.295 e. The van der Waals surface area contributed by atoms with Gasteiger partial charge in [-0.05, 0) is 36.8 Å². The van der Waals surface area contributed by atoms with Crippen LogP contribution < -0.4 is 4.74 Å². The van der Waals surface area contributed by atoms with Gasteiger partial charge < -0.3 is 24.5 Å². The number of para-hydroxylation sites is 1. The van der Waals surface area contributed by atoms with E-state index in [2.05, 4.69) is 4.98 Å². The second kappa shape index (κ2) is 7.84. The van der Waals surface area contributed by atoms with E-state index in [1.807, 2.05) is 37.3 Å². The number of aromatic amines is 1. The van der Waals surface area contributed by atoms with Crippen LogP contribution in [0.25, 0.3) is 16.7 Å². The summed E-state index contributed by atoms with van der Waals surface area (Å²) in [6, 6.07) is 12.3. The highest BCUT2D eigenvalue weighted by Crippen LogP contribution is 2.42. The Kier molecular flexibility index (Phi) is 4.98. The van der Waals surface area contributed by atoms with Crippen LogP contribution in [0.4, 0.5) is 0 Å². The first kappa shape index (κ1) is 20.3. The van der Waals surface area contributed by atoms with Crippen molar-refractivity contribution >= 4 is 28.4 Å². The molecule has 1 amide bonds. The lowest BCUT2D eigenvalue weighted by molar-refractivity contribution is -0.140. The van der Waals surface area contributed by atoms with E-state index in [1.165, 1.54) is 4.90 Å². The summed E-state index contributed by atoms with van der Waals surface area (Å²) in [7, 11) is 1.55. The van der Waals surface area contributed by atoms with E-state index in [9.17, 15) is 14.7 Å². The van der Waals surface area contributed by atoms with Crippen molar-refractivity contribution in [3.63, 3.8) is 0 Å². The molecule has 0 bridgehead atoms. The summed E-state index contributed by atoms with van der Waals surface area (Å²) in [6.07, 6.45) is 2.59. The molecule has 2 N–H and O–H groups in total. The molecule has 0 aliphatic carbocycles. The largest absolute Gasteiger partial charge is 0.507 e. The zero-order valence-corrected chi connectivity index (χ0v) is 17.9. The zero-order valence-electron chi connectivity index (χ0n) is 17.9. The van der Waals surface area contributed by atoms with E-state index in [4.69, 9.17) is 9.47 Å². The number of ether oxygens (including phenoxy) is 2. The fourth-order valence-corrected chi connectivity index (χ4v) is 4.67. The lowest BCUT2D eigenvalue weighted by atomic mass is 9.94. The second-order valence-electron chi connectivity index (χ2n) is 8.23. The number of H-pyrrole nitrogens is 1. The Morgan fingerprint density at radius 1 is 1.25 bits per heavy atom. The molecule has 32 heavy (non-hydrogen) atoms. The molecule has 2 unspecified atom stereocenters. The van der Waals surface area contributed by atoms with Gasteiger partial charge in [0.1, 0.15) is 17.6 Å². The first-order valence-corrected chi connectivity index (χ1v) is 10.6. The number of methoxy groups -OCH3 is 1. The molecular weight excluding hydrogens is 408 g/mol. The number of ketones is 1. The second-order valence-corrected chi connectivity index (χ2v) is 8.23. The number of aromatic nitrogens is 1. The molecule has 7 heteroatoms. The number of likely N-dealkylation sites (tertiary alicyclic amines) is 1. The van der Waals surface area contributed by atoms with Crippen molar-refractivity contribution in [1.82, 2.24) is 9.88 Å². The summed E-state index contributed by atoms with van der Waals surface area (Å²) < 4.78 is 10.9. The van der Waals surface area contributed by atoms with Crippen molar-refractivity contribution < 1.29 is 24.2 Å². The van der Waals surface area contributed by atoms with Gasteiger partial charge in [0.2, 0.25) is 0 Å². The molecule has 2 aromatic carbocycles. The molecule has 3 heterocycles. The highest BCUT2D eigenvalue weighted by molar-refractivity contribution is 6.46. The number of amides is 1. The number of fused-ring (bicyclic) bond motifs is 2. The van der Waals surface area contributed by atoms with Crippen LogP contribution in [0, 0.1) is 0 Å². The predicted octanol–water partition coefficient (Wildman–Crippen LogP) is 3.56. The third kappa shape index (κ3) is 3.17. The quantitative estimate of drug-likeness (QED) is 0.365. The minimum absolute atomic E-state index is 0.0632. The molecule has 7 nitrogen and oxygen atoms in total. The third-order valence-corrected chi connectivity index (χ3v) is 6.16. The van der Waals surface area contributed by atoms with Gasteiger partial charge in [0.05, 0.1) is 18.2 Å². The van der Waals surface area contributed by atoms with E-state index >= 15 is 0 Å². The van der Waals surface area contributed by atoms with Crippen LogP contribution in [0.2, 0.25) is 0 Å². The zero-order chi connectivity index (χ0) is 22.4. The summed E-state index contributed by atoms with van der Waals surface area (Å²) in [5.41, 5.74) is 3.21. The van der Waals surface area contributed by atoms with Crippen molar-refractivity contribution in [3.05, 3.63) is 70.9 Å². The maximum atomic E-state index is 13.1. The molecule has 3 aromatic rings. The fourth-order valence-electron chi connectivity index (χ4n) is 4.67. The van der Waals surface area contributed by atoms with Gasteiger partial charge in [-0.15, -0.1) is 0 Å². The summed E-state index contributed by atoms with van der Waals surface area (Å²) in [6.45, 7) is 2.50. The average molecular weight is 432 g/mol. The minimum atomic E-state index is -0.718. The molecule has 2 atom stereocenters. The van der Waals surface area contributed by atoms with Crippen molar-refractivity contribution in [2.45, 2.75) is 25.5 Å². The lowest BCUT2D eigenvalue weighted by Gasteiger charge is -2.24. The average Bonchev–Trinajstić information content (AvgIpc) is 3.45. The van der Waals surface area contributed by atoms with Crippen LogP contribution in [-0.2, 0) is 20.7 Å². The number of rotatable bonds is 5. The van der Waals surface area contributed by atoms with E-state index in [0.717, 1.165) is 34.2 Å².